The summed E-state index contributed by atoms with van der Waals surface area (Å²) in [6, 6.07) is 13.8. The molecule has 0 saturated carbocycles. The quantitative estimate of drug-likeness (QED) is 0.498. The number of hydrogen-bond acceptors (Lipinski definition) is 5. The maximum atomic E-state index is 14.4. The largest absolute Gasteiger partial charge is 0.329 e. The number of aromatic nitrogens is 3. The Morgan fingerprint density at radius 2 is 1.86 bits per heavy atom. The molecule has 0 spiro atoms. The molecule has 0 atom stereocenters. The van der Waals surface area contributed by atoms with Crippen LogP contribution in [0.1, 0.15) is 5.56 Å². The van der Waals surface area contributed by atoms with Crippen molar-refractivity contribution in [1.82, 2.24) is 25.0 Å². The van der Waals surface area contributed by atoms with Gasteiger partial charge in [-0.25, -0.2) is 9.18 Å². The van der Waals surface area contributed by atoms with E-state index in [0.29, 0.717) is 22.3 Å². The van der Waals surface area contributed by atoms with E-state index in [0.717, 1.165) is 11.3 Å². The molecule has 1 aliphatic rings. The molecule has 9 heteroatoms. The highest BCUT2D eigenvalue weighted by Crippen LogP contribution is 2.29. The maximum Gasteiger partial charge on any atom is 0.324 e. The molecule has 2 heterocycles. The van der Waals surface area contributed by atoms with Gasteiger partial charge >= 0.3 is 6.03 Å². The van der Waals surface area contributed by atoms with Gasteiger partial charge in [0.2, 0.25) is 5.91 Å². The third-order valence-corrected chi connectivity index (χ3v) is 5.43. The first-order valence-corrected chi connectivity index (χ1v) is 10.0. The summed E-state index contributed by atoms with van der Waals surface area (Å²) in [5.41, 5.74) is 2.25. The van der Waals surface area contributed by atoms with E-state index in [1.807, 2.05) is 31.2 Å². The van der Waals surface area contributed by atoms with Gasteiger partial charge in [0.25, 0.3) is 0 Å². The number of urea groups is 1. The number of nitrogens with zero attached hydrogens (tertiary/aromatic N) is 4. The molecule has 1 saturated heterocycles. The summed E-state index contributed by atoms with van der Waals surface area (Å²) in [6.07, 6.45) is 0. The van der Waals surface area contributed by atoms with Crippen LogP contribution in [0, 0.1) is 12.7 Å². The van der Waals surface area contributed by atoms with Crippen molar-refractivity contribution in [1.29, 1.82) is 0 Å². The van der Waals surface area contributed by atoms with Crippen molar-refractivity contribution in [2.24, 2.45) is 0 Å². The van der Waals surface area contributed by atoms with Crippen LogP contribution in [0.15, 0.2) is 53.7 Å². The highest BCUT2D eigenvalue weighted by atomic mass is 32.2. The minimum Gasteiger partial charge on any atom is -0.329 e. The number of hydrogen-bond donors (Lipinski definition) is 1. The smallest absolute Gasteiger partial charge is 0.324 e. The second kappa shape index (κ2) is 8.04. The third-order valence-electron chi connectivity index (χ3n) is 4.52. The fourth-order valence-electron chi connectivity index (χ4n) is 3.02. The molecule has 29 heavy (non-hydrogen) atoms. The van der Waals surface area contributed by atoms with Crippen LogP contribution < -0.4 is 5.32 Å². The highest BCUT2D eigenvalue weighted by Gasteiger charge is 2.28. The molecule has 0 unspecified atom stereocenters. The first-order chi connectivity index (χ1) is 14.0. The molecule has 148 valence electrons. The zero-order chi connectivity index (χ0) is 20.4. The summed E-state index contributed by atoms with van der Waals surface area (Å²) in [7, 11) is 0. The topological polar surface area (TPSA) is 80.1 Å². The lowest BCUT2D eigenvalue weighted by Crippen LogP contribution is -2.32. The van der Waals surface area contributed by atoms with Gasteiger partial charge in [-0.1, -0.05) is 41.6 Å². The van der Waals surface area contributed by atoms with Gasteiger partial charge in [-0.2, -0.15) is 0 Å². The van der Waals surface area contributed by atoms with E-state index in [1.165, 1.54) is 22.7 Å². The zero-order valence-electron chi connectivity index (χ0n) is 15.6. The Bertz CT molecular complexity index is 1050. The third kappa shape index (κ3) is 3.86. The molecule has 0 aliphatic carbocycles. The second-order valence-electron chi connectivity index (χ2n) is 6.51. The van der Waals surface area contributed by atoms with Gasteiger partial charge in [0.15, 0.2) is 11.0 Å². The van der Waals surface area contributed by atoms with E-state index in [4.69, 9.17) is 0 Å². The predicted molar refractivity (Wildman–Crippen MR) is 107 cm³/mol. The molecule has 3 aromatic rings. The van der Waals surface area contributed by atoms with Crippen molar-refractivity contribution in [2.45, 2.75) is 12.1 Å². The fourth-order valence-corrected chi connectivity index (χ4v) is 3.89. The van der Waals surface area contributed by atoms with Crippen molar-refractivity contribution < 1.29 is 14.0 Å². The molecule has 3 amide bonds. The van der Waals surface area contributed by atoms with E-state index >= 15 is 0 Å². The van der Waals surface area contributed by atoms with Crippen LogP contribution in [0.4, 0.5) is 9.18 Å². The maximum absolute atomic E-state index is 14.4. The SMILES string of the molecule is Cc1ccc(-n2c(SCCN3C(=O)CNC3=O)nnc2-c2ccccc2F)cc1. The molecule has 4 rings (SSSR count). The van der Waals surface area contributed by atoms with Gasteiger partial charge in [-0.3, -0.25) is 14.3 Å². The average Bonchev–Trinajstić information content (AvgIpc) is 3.27. The van der Waals surface area contributed by atoms with E-state index in [9.17, 15) is 14.0 Å². The van der Waals surface area contributed by atoms with Crippen molar-refractivity contribution in [3.8, 4) is 17.1 Å². The van der Waals surface area contributed by atoms with Crippen LogP contribution >= 0.6 is 11.8 Å². The van der Waals surface area contributed by atoms with Gasteiger partial charge in [0.1, 0.15) is 5.82 Å². The number of benzene rings is 2. The number of imide groups is 1. The van der Waals surface area contributed by atoms with Crippen LogP contribution in [0.3, 0.4) is 0 Å². The standard InChI is InChI=1S/C20H18FN5O2S/c1-13-6-8-14(9-7-13)26-18(15-4-2-3-5-16(15)21)23-24-20(26)29-11-10-25-17(27)12-22-19(25)28/h2-9H,10-12H2,1H3,(H,22,28). The predicted octanol–water partition coefficient (Wildman–Crippen LogP) is 3.03. The number of nitrogens with one attached hydrogen (secondary N) is 1. The molecule has 1 aromatic heterocycles. The lowest BCUT2D eigenvalue weighted by atomic mass is 10.2. The van der Waals surface area contributed by atoms with Crippen molar-refractivity contribution >= 4 is 23.7 Å². The van der Waals surface area contributed by atoms with Crippen molar-refractivity contribution in [3.63, 3.8) is 0 Å². The van der Waals surface area contributed by atoms with Crippen LogP contribution in [0.25, 0.3) is 17.1 Å². The average molecular weight is 411 g/mol. The summed E-state index contributed by atoms with van der Waals surface area (Å²) in [6.45, 7) is 2.27. The van der Waals surface area contributed by atoms with Gasteiger partial charge < -0.3 is 5.32 Å². The Labute approximate surface area is 170 Å². The van der Waals surface area contributed by atoms with Crippen LogP contribution in [-0.4, -0.2) is 50.4 Å². The number of rotatable bonds is 6. The van der Waals surface area contributed by atoms with Gasteiger partial charge in [0, 0.05) is 18.0 Å². The van der Waals surface area contributed by atoms with E-state index in [-0.39, 0.29) is 30.8 Å². The van der Waals surface area contributed by atoms with Gasteiger partial charge in [-0.15, -0.1) is 10.2 Å². The molecule has 2 aromatic carbocycles. The van der Waals surface area contributed by atoms with Gasteiger partial charge in [-0.05, 0) is 31.2 Å². The first kappa shape index (κ1) is 19.1. The summed E-state index contributed by atoms with van der Waals surface area (Å²) in [5.74, 6) is 0.205. The fraction of sp³-hybridized carbons (Fsp3) is 0.200. The summed E-state index contributed by atoms with van der Waals surface area (Å²) in [4.78, 5) is 24.6. The van der Waals surface area contributed by atoms with E-state index in [2.05, 4.69) is 15.5 Å². The molecule has 1 N–H and O–H groups in total. The van der Waals surface area contributed by atoms with Crippen LogP contribution in [0.2, 0.25) is 0 Å². The van der Waals surface area contributed by atoms with E-state index in [1.54, 1.807) is 22.8 Å². The lowest BCUT2D eigenvalue weighted by Gasteiger charge is -2.13. The molecule has 0 radical (unpaired) electrons. The number of carbonyl (C=O) groups is 2. The molecule has 1 fully saturated rings. The van der Waals surface area contributed by atoms with Crippen molar-refractivity contribution in [2.75, 3.05) is 18.8 Å². The van der Waals surface area contributed by atoms with E-state index < -0.39 is 0 Å². The Morgan fingerprint density at radius 3 is 2.55 bits per heavy atom. The van der Waals surface area contributed by atoms with Gasteiger partial charge in [0.05, 0.1) is 12.1 Å². The zero-order valence-corrected chi connectivity index (χ0v) is 16.4. The minimum atomic E-state index is -0.386. The summed E-state index contributed by atoms with van der Waals surface area (Å²) < 4.78 is 16.2. The summed E-state index contributed by atoms with van der Waals surface area (Å²) >= 11 is 1.35. The Balaban J connectivity index is 1.65. The Kier molecular flexibility index (Phi) is 5.30. The molecule has 7 nitrogen and oxygen atoms in total. The monoisotopic (exact) mass is 411 g/mol. The lowest BCUT2D eigenvalue weighted by molar-refractivity contribution is -0.124. The normalized spacial score (nSPS) is 13.8. The van der Waals surface area contributed by atoms with Crippen LogP contribution in [-0.2, 0) is 4.79 Å². The number of halogens is 1. The second-order valence-corrected chi connectivity index (χ2v) is 7.57. The Morgan fingerprint density at radius 1 is 1.10 bits per heavy atom. The number of aryl methyl sites for hydroxylation is 1. The highest BCUT2D eigenvalue weighted by molar-refractivity contribution is 7.99. The number of thioether (sulfide) groups is 1. The summed E-state index contributed by atoms with van der Waals surface area (Å²) in [5, 5.41) is 11.5. The first-order valence-electron chi connectivity index (χ1n) is 9.03. The minimum absolute atomic E-state index is 0.0283. The molecule has 0 bridgehead atoms. The molecular weight excluding hydrogens is 393 g/mol. The number of amides is 3. The Hall–Kier alpha value is -3.20. The number of carbonyl (C=O) groups excluding carboxylic acids is 2. The molecule has 1 aliphatic heterocycles. The van der Waals surface area contributed by atoms with Crippen LogP contribution in [0.5, 0.6) is 0 Å². The van der Waals surface area contributed by atoms with Crippen molar-refractivity contribution in [3.05, 3.63) is 59.9 Å². The molecular formula is C20H18FN5O2S.